The molecule has 2 rings (SSSR count). The summed E-state index contributed by atoms with van der Waals surface area (Å²) in [6, 6.07) is 7.30. The lowest BCUT2D eigenvalue weighted by molar-refractivity contribution is 0.0982. The van der Waals surface area contributed by atoms with Gasteiger partial charge in [-0.1, -0.05) is 12.1 Å². The van der Waals surface area contributed by atoms with Crippen LogP contribution in [0.1, 0.15) is 21.2 Å². The number of hydrogen-bond donors (Lipinski definition) is 0. The van der Waals surface area contributed by atoms with E-state index in [1.54, 1.807) is 0 Å². The Morgan fingerprint density at radius 3 is 2.65 bits per heavy atom. The van der Waals surface area contributed by atoms with Crippen molar-refractivity contribution in [3.05, 3.63) is 52.2 Å². The molecule has 0 bridgehead atoms. The standard InChI is InChI=1S/C12H7FN2OS/c13-9-3-1-8(2-4-9)10(5-14)12(16)11-6-15-7-17-11/h1-4,6-7,10H. The zero-order chi connectivity index (χ0) is 12.3. The first-order valence-corrected chi connectivity index (χ1v) is 5.68. The molecule has 1 aromatic carbocycles. The van der Waals surface area contributed by atoms with E-state index < -0.39 is 11.7 Å². The van der Waals surface area contributed by atoms with Crippen molar-refractivity contribution in [2.45, 2.75) is 5.92 Å². The summed E-state index contributed by atoms with van der Waals surface area (Å²) in [5.41, 5.74) is 2.03. The molecule has 0 fully saturated rings. The molecule has 0 spiro atoms. The minimum atomic E-state index is -0.906. The van der Waals surface area contributed by atoms with E-state index in [2.05, 4.69) is 4.98 Å². The molecule has 84 valence electrons. The van der Waals surface area contributed by atoms with Crippen LogP contribution in [0, 0.1) is 17.1 Å². The van der Waals surface area contributed by atoms with Gasteiger partial charge in [0.1, 0.15) is 11.7 Å². The van der Waals surface area contributed by atoms with Crippen molar-refractivity contribution in [1.29, 1.82) is 5.26 Å². The molecule has 0 amide bonds. The van der Waals surface area contributed by atoms with Crippen molar-refractivity contribution in [2.75, 3.05) is 0 Å². The van der Waals surface area contributed by atoms with Crippen LogP contribution in [0.15, 0.2) is 36.0 Å². The van der Waals surface area contributed by atoms with Crippen LogP contribution in [0.25, 0.3) is 0 Å². The number of nitriles is 1. The Labute approximate surface area is 101 Å². The molecular weight excluding hydrogens is 239 g/mol. The number of nitrogens with zero attached hydrogens (tertiary/aromatic N) is 2. The molecule has 3 nitrogen and oxygen atoms in total. The number of hydrogen-bond acceptors (Lipinski definition) is 4. The molecule has 0 N–H and O–H groups in total. The summed E-state index contributed by atoms with van der Waals surface area (Å²) in [6.07, 6.45) is 1.43. The van der Waals surface area contributed by atoms with Gasteiger partial charge in [0.15, 0.2) is 5.78 Å². The van der Waals surface area contributed by atoms with Gasteiger partial charge in [0.25, 0.3) is 0 Å². The topological polar surface area (TPSA) is 53.8 Å². The molecule has 0 aliphatic rings. The predicted octanol–water partition coefficient (Wildman–Crippen LogP) is 2.77. The first-order valence-electron chi connectivity index (χ1n) is 4.80. The molecule has 0 radical (unpaired) electrons. The lowest BCUT2D eigenvalue weighted by atomic mass is 9.95. The number of carbonyl (C=O) groups excluding carboxylic acids is 1. The summed E-state index contributed by atoms with van der Waals surface area (Å²) in [4.78, 5) is 16.2. The molecule has 17 heavy (non-hydrogen) atoms. The van der Waals surface area contributed by atoms with Gasteiger partial charge in [0.05, 0.1) is 16.5 Å². The molecule has 5 heteroatoms. The van der Waals surface area contributed by atoms with E-state index in [0.29, 0.717) is 10.4 Å². The highest BCUT2D eigenvalue weighted by Crippen LogP contribution is 2.22. The van der Waals surface area contributed by atoms with Crippen molar-refractivity contribution in [3.8, 4) is 6.07 Å². The third kappa shape index (κ3) is 2.37. The van der Waals surface area contributed by atoms with Crippen LogP contribution in [0.4, 0.5) is 4.39 Å². The lowest BCUT2D eigenvalue weighted by Gasteiger charge is -2.06. The van der Waals surface area contributed by atoms with E-state index >= 15 is 0 Å². The highest BCUT2D eigenvalue weighted by molar-refractivity contribution is 7.11. The average molecular weight is 246 g/mol. The smallest absolute Gasteiger partial charge is 0.195 e. The van der Waals surface area contributed by atoms with Crippen LogP contribution in [0.5, 0.6) is 0 Å². The Morgan fingerprint density at radius 2 is 2.12 bits per heavy atom. The van der Waals surface area contributed by atoms with E-state index in [1.807, 2.05) is 6.07 Å². The third-order valence-corrected chi connectivity index (χ3v) is 3.06. The van der Waals surface area contributed by atoms with Gasteiger partial charge in [-0.05, 0) is 17.7 Å². The van der Waals surface area contributed by atoms with Gasteiger partial charge in [0.2, 0.25) is 0 Å². The third-order valence-electron chi connectivity index (χ3n) is 2.27. The second-order valence-corrected chi connectivity index (χ2v) is 4.23. The van der Waals surface area contributed by atoms with Crippen LogP contribution in [-0.2, 0) is 0 Å². The van der Waals surface area contributed by atoms with Gasteiger partial charge in [-0.3, -0.25) is 9.78 Å². The fourth-order valence-corrected chi connectivity index (χ4v) is 2.01. The highest BCUT2D eigenvalue weighted by atomic mass is 32.1. The minimum Gasteiger partial charge on any atom is -0.291 e. The lowest BCUT2D eigenvalue weighted by Crippen LogP contribution is -2.09. The number of carbonyl (C=O) groups is 1. The maximum Gasteiger partial charge on any atom is 0.195 e. The van der Waals surface area contributed by atoms with Crippen LogP contribution in [0.3, 0.4) is 0 Å². The predicted molar refractivity (Wildman–Crippen MR) is 61.2 cm³/mol. The van der Waals surface area contributed by atoms with Gasteiger partial charge in [-0.25, -0.2) is 4.39 Å². The molecule has 2 aromatic rings. The van der Waals surface area contributed by atoms with E-state index in [-0.39, 0.29) is 5.78 Å². The summed E-state index contributed by atoms with van der Waals surface area (Å²) >= 11 is 1.19. The molecule has 0 saturated carbocycles. The molecule has 0 saturated heterocycles. The van der Waals surface area contributed by atoms with Gasteiger partial charge < -0.3 is 0 Å². The number of benzene rings is 1. The Hall–Kier alpha value is -2.06. The number of thiazole rings is 1. The second kappa shape index (κ2) is 4.85. The number of Topliss-reactive ketones (excluding diaryl/α,β-unsaturated/α-hetero) is 1. The maximum atomic E-state index is 12.8. The Balaban J connectivity index is 2.32. The largest absolute Gasteiger partial charge is 0.291 e. The summed E-state index contributed by atoms with van der Waals surface area (Å²) in [5.74, 6) is -1.60. The molecule has 0 aliphatic heterocycles. The van der Waals surface area contributed by atoms with Crippen molar-refractivity contribution >= 4 is 17.1 Å². The number of rotatable bonds is 3. The van der Waals surface area contributed by atoms with E-state index in [0.717, 1.165) is 0 Å². The second-order valence-electron chi connectivity index (χ2n) is 3.34. The van der Waals surface area contributed by atoms with Crippen LogP contribution >= 0.6 is 11.3 Å². The van der Waals surface area contributed by atoms with Crippen LogP contribution in [-0.4, -0.2) is 10.8 Å². The molecule has 1 unspecified atom stereocenters. The van der Waals surface area contributed by atoms with Crippen molar-refractivity contribution in [1.82, 2.24) is 4.98 Å². The molecule has 0 aliphatic carbocycles. The monoisotopic (exact) mass is 246 g/mol. The summed E-state index contributed by atoms with van der Waals surface area (Å²) in [5, 5.41) is 9.04. The van der Waals surface area contributed by atoms with Gasteiger partial charge >= 0.3 is 0 Å². The summed E-state index contributed by atoms with van der Waals surface area (Å²) < 4.78 is 12.8. The molecule has 1 heterocycles. The SMILES string of the molecule is N#CC(C(=O)c1cncs1)c1ccc(F)cc1. The number of ketones is 1. The van der Waals surface area contributed by atoms with E-state index in [4.69, 9.17) is 5.26 Å². The Bertz CT molecular complexity index is 557. The molecular formula is C12H7FN2OS. The Kier molecular flexibility index (Phi) is 3.26. The van der Waals surface area contributed by atoms with Crippen LogP contribution < -0.4 is 0 Å². The Morgan fingerprint density at radius 1 is 1.41 bits per heavy atom. The minimum absolute atomic E-state index is 0.304. The van der Waals surface area contributed by atoms with Gasteiger partial charge in [-0.2, -0.15) is 5.26 Å². The fraction of sp³-hybridized carbons (Fsp3) is 0.0833. The van der Waals surface area contributed by atoms with Crippen molar-refractivity contribution < 1.29 is 9.18 Å². The van der Waals surface area contributed by atoms with E-state index in [1.165, 1.54) is 47.3 Å². The first-order chi connectivity index (χ1) is 8.22. The zero-order valence-corrected chi connectivity index (χ0v) is 9.45. The highest BCUT2D eigenvalue weighted by Gasteiger charge is 2.22. The number of aromatic nitrogens is 1. The normalized spacial score (nSPS) is 11.8. The summed E-state index contributed by atoms with van der Waals surface area (Å²) in [6.45, 7) is 0. The molecule has 1 atom stereocenters. The quantitative estimate of drug-likeness (QED) is 0.782. The van der Waals surface area contributed by atoms with Crippen LogP contribution in [0.2, 0.25) is 0 Å². The fourth-order valence-electron chi connectivity index (χ4n) is 1.42. The molecule has 1 aromatic heterocycles. The van der Waals surface area contributed by atoms with Crippen molar-refractivity contribution in [2.24, 2.45) is 0 Å². The summed E-state index contributed by atoms with van der Waals surface area (Å²) in [7, 11) is 0. The maximum absolute atomic E-state index is 12.8. The average Bonchev–Trinajstić information content (AvgIpc) is 2.86. The first kappa shape index (κ1) is 11.4. The van der Waals surface area contributed by atoms with Gasteiger partial charge in [0, 0.05) is 6.20 Å². The van der Waals surface area contributed by atoms with E-state index in [9.17, 15) is 9.18 Å². The zero-order valence-electron chi connectivity index (χ0n) is 8.63. The van der Waals surface area contributed by atoms with Crippen molar-refractivity contribution in [3.63, 3.8) is 0 Å². The van der Waals surface area contributed by atoms with Gasteiger partial charge in [-0.15, -0.1) is 11.3 Å². The number of halogens is 1.